The highest BCUT2D eigenvalue weighted by Crippen LogP contribution is 2.29. The predicted octanol–water partition coefficient (Wildman–Crippen LogP) is 3.92. The van der Waals surface area contributed by atoms with E-state index in [4.69, 9.17) is 8.94 Å². The largest absolute Gasteiger partial charge is 0.465 e. The number of hydrogen-bond acceptors (Lipinski definition) is 6. The molecule has 10 heteroatoms. The highest BCUT2D eigenvalue weighted by atomic mass is 32.2. The third-order valence-corrected chi connectivity index (χ3v) is 7.35. The van der Waals surface area contributed by atoms with Crippen molar-refractivity contribution in [1.82, 2.24) is 9.46 Å². The number of furan rings is 1. The fourth-order valence-corrected chi connectivity index (χ4v) is 5.36. The molecule has 0 aliphatic carbocycles. The van der Waals surface area contributed by atoms with Crippen LogP contribution in [0.15, 0.2) is 56.5 Å². The molecule has 0 unspecified atom stereocenters. The number of carbonyl (C=O) groups excluding carboxylic acids is 1. The SMILES string of the molecule is Cc1noc(C=Cc2ccco2)c1S(=O)(=O)N1CCC(C(=O)Nc2cccc(F)c2)CC1. The van der Waals surface area contributed by atoms with Crippen LogP contribution in [0.4, 0.5) is 10.1 Å². The predicted molar refractivity (Wildman–Crippen MR) is 115 cm³/mol. The number of aryl methyl sites for hydroxylation is 1. The van der Waals surface area contributed by atoms with E-state index in [2.05, 4.69) is 10.5 Å². The van der Waals surface area contributed by atoms with Gasteiger partial charge in [-0.3, -0.25) is 4.79 Å². The summed E-state index contributed by atoms with van der Waals surface area (Å²) in [6.45, 7) is 1.92. The van der Waals surface area contributed by atoms with Gasteiger partial charge in [0.05, 0.1) is 6.26 Å². The van der Waals surface area contributed by atoms with Crippen molar-refractivity contribution in [3.8, 4) is 0 Å². The van der Waals surface area contributed by atoms with Crippen LogP contribution in [-0.4, -0.2) is 36.9 Å². The van der Waals surface area contributed by atoms with Gasteiger partial charge in [0.15, 0.2) is 10.7 Å². The maximum absolute atomic E-state index is 13.3. The van der Waals surface area contributed by atoms with Crippen LogP contribution in [0.1, 0.15) is 30.1 Å². The Balaban J connectivity index is 1.44. The number of halogens is 1. The molecule has 0 saturated carbocycles. The Kier molecular flexibility index (Phi) is 6.24. The van der Waals surface area contributed by atoms with Gasteiger partial charge in [-0.2, -0.15) is 4.31 Å². The maximum atomic E-state index is 13.3. The molecule has 0 bridgehead atoms. The summed E-state index contributed by atoms with van der Waals surface area (Å²) >= 11 is 0. The van der Waals surface area contributed by atoms with Gasteiger partial charge in [-0.15, -0.1) is 0 Å². The Morgan fingerprint density at radius 1 is 1.22 bits per heavy atom. The van der Waals surface area contributed by atoms with E-state index in [1.807, 2.05) is 0 Å². The quantitative estimate of drug-likeness (QED) is 0.599. The van der Waals surface area contributed by atoms with Crippen molar-refractivity contribution in [2.75, 3.05) is 18.4 Å². The average molecular weight is 459 g/mol. The Hall–Kier alpha value is -3.24. The fraction of sp³-hybridized carbons (Fsp3) is 0.273. The molecule has 0 atom stereocenters. The first-order valence-corrected chi connectivity index (χ1v) is 11.5. The molecule has 0 spiro atoms. The van der Waals surface area contributed by atoms with E-state index in [0.29, 0.717) is 24.3 Å². The van der Waals surface area contributed by atoms with E-state index in [-0.39, 0.29) is 41.3 Å². The first-order valence-electron chi connectivity index (χ1n) is 10.1. The molecule has 1 saturated heterocycles. The van der Waals surface area contributed by atoms with Gasteiger partial charge in [-0.05, 0) is 62.2 Å². The van der Waals surface area contributed by atoms with Gasteiger partial charge >= 0.3 is 0 Å². The van der Waals surface area contributed by atoms with E-state index < -0.39 is 15.8 Å². The molecule has 32 heavy (non-hydrogen) atoms. The number of piperidine rings is 1. The lowest BCUT2D eigenvalue weighted by molar-refractivity contribution is -0.120. The number of amides is 1. The van der Waals surface area contributed by atoms with Crippen molar-refractivity contribution in [2.45, 2.75) is 24.7 Å². The van der Waals surface area contributed by atoms with Gasteiger partial charge in [0.2, 0.25) is 15.9 Å². The molecule has 1 aliphatic heterocycles. The first-order chi connectivity index (χ1) is 15.3. The van der Waals surface area contributed by atoms with Crippen LogP contribution in [0.3, 0.4) is 0 Å². The fourth-order valence-electron chi connectivity index (χ4n) is 3.64. The average Bonchev–Trinajstić information content (AvgIpc) is 3.42. The van der Waals surface area contributed by atoms with Crippen molar-refractivity contribution in [3.05, 3.63) is 65.7 Å². The number of hydrogen-bond donors (Lipinski definition) is 1. The Bertz CT molecular complexity index is 1230. The molecule has 1 fully saturated rings. The van der Waals surface area contributed by atoms with Crippen LogP contribution < -0.4 is 5.32 Å². The third kappa shape index (κ3) is 4.66. The third-order valence-electron chi connectivity index (χ3n) is 5.29. The van der Waals surface area contributed by atoms with E-state index >= 15 is 0 Å². The van der Waals surface area contributed by atoms with Gasteiger partial charge in [0.25, 0.3) is 0 Å². The van der Waals surface area contributed by atoms with E-state index in [0.717, 1.165) is 0 Å². The molecule has 0 radical (unpaired) electrons. The van der Waals surface area contributed by atoms with E-state index in [1.165, 1.54) is 34.8 Å². The van der Waals surface area contributed by atoms with Crippen molar-refractivity contribution in [2.24, 2.45) is 5.92 Å². The monoisotopic (exact) mass is 459 g/mol. The Labute approximate surface area is 184 Å². The minimum Gasteiger partial charge on any atom is -0.465 e. The summed E-state index contributed by atoms with van der Waals surface area (Å²) in [5.41, 5.74) is 0.633. The molecule has 4 rings (SSSR count). The van der Waals surface area contributed by atoms with Crippen LogP contribution in [0.2, 0.25) is 0 Å². The summed E-state index contributed by atoms with van der Waals surface area (Å²) in [6.07, 6.45) is 5.31. The molecule has 1 amide bonds. The highest BCUT2D eigenvalue weighted by molar-refractivity contribution is 7.89. The highest BCUT2D eigenvalue weighted by Gasteiger charge is 2.36. The lowest BCUT2D eigenvalue weighted by atomic mass is 9.97. The molecule has 1 aromatic carbocycles. The van der Waals surface area contributed by atoms with Crippen molar-refractivity contribution < 1.29 is 26.5 Å². The smallest absolute Gasteiger partial charge is 0.248 e. The molecule has 168 valence electrons. The first kappa shape index (κ1) is 22.0. The molecule has 1 N–H and O–H groups in total. The second kappa shape index (κ2) is 9.09. The summed E-state index contributed by atoms with van der Waals surface area (Å²) < 4.78 is 51.7. The molecule has 8 nitrogen and oxygen atoms in total. The summed E-state index contributed by atoms with van der Waals surface area (Å²) in [7, 11) is -3.87. The summed E-state index contributed by atoms with van der Waals surface area (Å²) in [4.78, 5) is 12.5. The molecule has 2 aromatic heterocycles. The van der Waals surface area contributed by atoms with Crippen LogP contribution in [-0.2, 0) is 14.8 Å². The maximum Gasteiger partial charge on any atom is 0.248 e. The lowest BCUT2D eigenvalue weighted by Crippen LogP contribution is -2.41. The number of carbonyl (C=O) groups is 1. The van der Waals surface area contributed by atoms with Crippen LogP contribution in [0.5, 0.6) is 0 Å². The molecular weight excluding hydrogens is 437 g/mol. The molecule has 1 aliphatic rings. The van der Waals surface area contributed by atoms with Gasteiger partial charge in [0, 0.05) is 24.7 Å². The Morgan fingerprint density at radius 3 is 2.69 bits per heavy atom. The number of sulfonamides is 1. The minimum absolute atomic E-state index is 0.00275. The number of aromatic nitrogens is 1. The van der Waals surface area contributed by atoms with Crippen LogP contribution in [0, 0.1) is 18.7 Å². The zero-order valence-corrected chi connectivity index (χ0v) is 18.1. The van der Waals surface area contributed by atoms with Crippen LogP contribution in [0.25, 0.3) is 12.2 Å². The van der Waals surface area contributed by atoms with Gasteiger partial charge in [-0.1, -0.05) is 11.2 Å². The summed E-state index contributed by atoms with van der Waals surface area (Å²) in [6, 6.07) is 9.10. The van der Waals surface area contributed by atoms with Crippen molar-refractivity contribution in [3.63, 3.8) is 0 Å². The van der Waals surface area contributed by atoms with E-state index in [1.54, 1.807) is 31.2 Å². The minimum atomic E-state index is -3.87. The van der Waals surface area contributed by atoms with E-state index in [9.17, 15) is 17.6 Å². The van der Waals surface area contributed by atoms with Gasteiger partial charge in [-0.25, -0.2) is 12.8 Å². The van der Waals surface area contributed by atoms with Gasteiger partial charge in [0.1, 0.15) is 17.3 Å². The van der Waals surface area contributed by atoms with Crippen molar-refractivity contribution in [1.29, 1.82) is 0 Å². The second-order valence-corrected chi connectivity index (χ2v) is 9.36. The second-order valence-electron chi connectivity index (χ2n) is 7.49. The summed E-state index contributed by atoms with van der Waals surface area (Å²) in [5.74, 6) is -0.399. The molecule has 3 aromatic rings. The number of rotatable bonds is 6. The van der Waals surface area contributed by atoms with Crippen LogP contribution >= 0.6 is 0 Å². The summed E-state index contributed by atoms with van der Waals surface area (Å²) in [5, 5.41) is 6.51. The number of nitrogens with one attached hydrogen (secondary N) is 1. The normalized spacial score (nSPS) is 15.9. The zero-order valence-electron chi connectivity index (χ0n) is 17.3. The topological polar surface area (TPSA) is 106 Å². The lowest BCUT2D eigenvalue weighted by Gasteiger charge is -2.30. The molecule has 3 heterocycles. The number of benzene rings is 1. The Morgan fingerprint density at radius 2 is 2.00 bits per heavy atom. The number of nitrogens with zero attached hydrogens (tertiary/aromatic N) is 2. The number of anilines is 1. The van der Waals surface area contributed by atoms with Gasteiger partial charge < -0.3 is 14.3 Å². The zero-order chi connectivity index (χ0) is 22.7. The molecular formula is C22H22FN3O5S. The standard InChI is InChI=1S/C22H22FN3O5S/c1-15-21(20(31-25-15)8-7-19-6-3-13-30-19)32(28,29)26-11-9-16(10-12-26)22(27)24-18-5-2-4-17(23)14-18/h2-8,13-14,16H,9-12H2,1H3,(H,24,27). The van der Waals surface area contributed by atoms with Crippen molar-refractivity contribution >= 4 is 33.8 Å².